The summed E-state index contributed by atoms with van der Waals surface area (Å²) >= 11 is 3.86. The second-order valence-corrected chi connectivity index (χ2v) is 7.27. The predicted octanol–water partition coefficient (Wildman–Crippen LogP) is 4.41. The van der Waals surface area contributed by atoms with Crippen molar-refractivity contribution >= 4 is 41.4 Å². The Morgan fingerprint density at radius 1 is 0.938 bits per heavy atom. The number of carbonyl (C=O) groups is 3. The third-order valence-corrected chi connectivity index (χ3v) is 5.04. The highest BCUT2D eigenvalue weighted by molar-refractivity contribution is 7.81. The van der Waals surface area contributed by atoms with Crippen LogP contribution in [0.1, 0.15) is 34.9 Å². The molecule has 0 aliphatic carbocycles. The fourth-order valence-corrected chi connectivity index (χ4v) is 3.37. The third kappa shape index (κ3) is 6.01. The normalized spacial score (nSPS) is 11.5. The Balaban J connectivity index is 1.78. The molecule has 3 aromatic carbocycles. The molecule has 0 unspecified atom stereocenters. The first kappa shape index (κ1) is 23.1. The van der Waals surface area contributed by atoms with E-state index in [9.17, 15) is 19.5 Å². The van der Waals surface area contributed by atoms with Crippen LogP contribution < -0.4 is 5.32 Å². The Morgan fingerprint density at radius 2 is 1.62 bits per heavy atom. The minimum absolute atomic E-state index is 0.0213. The number of aromatic hydroxyl groups is 1. The van der Waals surface area contributed by atoms with Gasteiger partial charge in [-0.3, -0.25) is 14.9 Å². The molecule has 3 aromatic rings. The molecule has 1 atom stereocenters. The number of alkyl carbamates (subject to hydrolysis) is 1. The van der Waals surface area contributed by atoms with Crippen LogP contribution in [0, 0.1) is 0 Å². The number of phenols is 1. The molecule has 2 amide bonds. The molecule has 3 rings (SSSR count). The number of nitrogens with one attached hydrogen (secondary N) is 1. The van der Waals surface area contributed by atoms with Crippen molar-refractivity contribution in [3.8, 4) is 5.75 Å². The number of phenolic OH excluding ortho intramolecular Hbond substituents is 1. The highest BCUT2D eigenvalue weighted by atomic mass is 32.1. The monoisotopic (exact) mass is 453 g/mol. The van der Waals surface area contributed by atoms with Crippen molar-refractivity contribution in [1.29, 1.82) is 0 Å². The van der Waals surface area contributed by atoms with E-state index >= 15 is 0 Å². The molecule has 2 N–H and O–H groups in total. The van der Waals surface area contributed by atoms with E-state index in [1.807, 2.05) is 12.1 Å². The molecule has 0 saturated carbocycles. The van der Waals surface area contributed by atoms with Gasteiger partial charge in [0.2, 0.25) is 0 Å². The second-order valence-electron chi connectivity index (χ2n) is 6.95. The van der Waals surface area contributed by atoms with Gasteiger partial charge in [-0.05, 0) is 36.4 Å². The van der Waals surface area contributed by atoms with E-state index in [1.165, 1.54) is 6.07 Å². The van der Waals surface area contributed by atoms with Gasteiger partial charge >= 0.3 is 12.1 Å². The van der Waals surface area contributed by atoms with E-state index in [0.717, 1.165) is 0 Å². The van der Waals surface area contributed by atoms with Gasteiger partial charge in [0.25, 0.3) is 5.91 Å². The van der Waals surface area contributed by atoms with Gasteiger partial charge in [0, 0.05) is 16.5 Å². The molecule has 32 heavy (non-hydrogen) atoms. The Hall–Kier alpha value is -3.52. The quantitative estimate of drug-likeness (QED) is 0.265. The zero-order valence-corrected chi connectivity index (χ0v) is 18.1. The summed E-state index contributed by atoms with van der Waals surface area (Å²) in [5.41, 5.74) is 0.996. The van der Waals surface area contributed by atoms with E-state index in [4.69, 9.17) is 9.47 Å². The molecule has 0 aliphatic heterocycles. The van der Waals surface area contributed by atoms with Crippen LogP contribution in [0.4, 0.5) is 4.79 Å². The number of benzene rings is 3. The van der Waals surface area contributed by atoms with Crippen molar-refractivity contribution in [3.05, 3.63) is 77.9 Å². The van der Waals surface area contributed by atoms with E-state index in [-0.39, 0.29) is 18.1 Å². The topological polar surface area (TPSA) is 102 Å². The van der Waals surface area contributed by atoms with Gasteiger partial charge < -0.3 is 14.6 Å². The van der Waals surface area contributed by atoms with Crippen molar-refractivity contribution in [2.24, 2.45) is 0 Å². The Kier molecular flexibility index (Phi) is 8.10. The minimum atomic E-state index is -0.895. The van der Waals surface area contributed by atoms with E-state index < -0.39 is 24.1 Å². The van der Waals surface area contributed by atoms with Crippen LogP contribution in [0.5, 0.6) is 5.75 Å². The maximum absolute atomic E-state index is 12.5. The summed E-state index contributed by atoms with van der Waals surface area (Å²) in [5, 5.41) is 13.7. The van der Waals surface area contributed by atoms with Crippen LogP contribution in [0.25, 0.3) is 10.8 Å². The summed E-state index contributed by atoms with van der Waals surface area (Å²) in [6.07, 6.45) is -0.881. The van der Waals surface area contributed by atoms with Crippen LogP contribution in [0.3, 0.4) is 0 Å². The molecular formula is C24H23NO6S. The number of ether oxygens (including phenoxy) is 2. The van der Waals surface area contributed by atoms with Gasteiger partial charge in [0.15, 0.2) is 0 Å². The number of hydrogen-bond donors (Lipinski definition) is 3. The fourth-order valence-electron chi connectivity index (χ4n) is 3.28. The van der Waals surface area contributed by atoms with Crippen LogP contribution in [0.2, 0.25) is 0 Å². The van der Waals surface area contributed by atoms with Gasteiger partial charge in [-0.2, -0.15) is 12.6 Å². The number of thiol groups is 1. The molecule has 0 fully saturated rings. The van der Waals surface area contributed by atoms with Gasteiger partial charge in [-0.15, -0.1) is 0 Å². The minimum Gasteiger partial charge on any atom is -0.507 e. The highest BCUT2D eigenvalue weighted by Gasteiger charge is 2.22. The number of imide groups is 1. The molecule has 7 nitrogen and oxygen atoms in total. The summed E-state index contributed by atoms with van der Waals surface area (Å²) < 4.78 is 10.6. The predicted molar refractivity (Wildman–Crippen MR) is 123 cm³/mol. The second kappa shape index (κ2) is 11.2. The van der Waals surface area contributed by atoms with Crippen molar-refractivity contribution in [2.75, 3.05) is 12.4 Å². The summed E-state index contributed by atoms with van der Waals surface area (Å²) in [6.45, 7) is 0.139. The Labute approximate surface area is 190 Å². The summed E-state index contributed by atoms with van der Waals surface area (Å²) in [4.78, 5) is 36.1. The van der Waals surface area contributed by atoms with Crippen molar-refractivity contribution in [3.63, 3.8) is 0 Å². The van der Waals surface area contributed by atoms with Crippen LogP contribution in [0.15, 0.2) is 66.7 Å². The molecule has 0 aliphatic rings. The van der Waals surface area contributed by atoms with E-state index in [2.05, 4.69) is 17.9 Å². The first-order valence-corrected chi connectivity index (χ1v) is 10.7. The lowest BCUT2D eigenvalue weighted by atomic mass is 9.97. The van der Waals surface area contributed by atoms with E-state index in [1.54, 1.807) is 48.5 Å². The lowest BCUT2D eigenvalue weighted by Gasteiger charge is -2.20. The SMILES string of the molecule is O=C(CS)OCCC[C@@H](OC(=O)NC(=O)c1ccccc1)c1ccc(O)c2ccccc12. The lowest BCUT2D eigenvalue weighted by molar-refractivity contribution is -0.140. The number of esters is 1. The Bertz CT molecular complexity index is 1100. The average molecular weight is 454 g/mol. The highest BCUT2D eigenvalue weighted by Crippen LogP contribution is 2.34. The van der Waals surface area contributed by atoms with Crippen LogP contribution in [-0.4, -0.2) is 35.4 Å². The van der Waals surface area contributed by atoms with Crippen LogP contribution >= 0.6 is 12.6 Å². The van der Waals surface area contributed by atoms with Crippen LogP contribution in [-0.2, 0) is 14.3 Å². The molecule has 0 aromatic heterocycles. The molecule has 0 heterocycles. The number of carbonyl (C=O) groups excluding carboxylic acids is 3. The number of rotatable bonds is 8. The van der Waals surface area contributed by atoms with Gasteiger partial charge in [-0.1, -0.05) is 48.5 Å². The van der Waals surface area contributed by atoms with Crippen molar-refractivity contribution in [1.82, 2.24) is 5.32 Å². The van der Waals surface area contributed by atoms with Crippen molar-refractivity contribution < 1.29 is 29.0 Å². The average Bonchev–Trinajstić information content (AvgIpc) is 2.82. The summed E-state index contributed by atoms with van der Waals surface area (Å²) in [5.74, 6) is -0.929. The zero-order chi connectivity index (χ0) is 22.9. The largest absolute Gasteiger partial charge is 0.507 e. The standard InChI is InChI=1S/C24H23NO6S/c26-20-13-12-19(17-9-4-5-10-18(17)20)21(11-6-14-30-22(27)15-32)31-24(29)25-23(28)16-7-2-1-3-8-16/h1-5,7-10,12-13,21,26,32H,6,11,14-15H2,(H,25,28,29)/t21-/m1/s1. The Morgan fingerprint density at radius 3 is 2.34 bits per heavy atom. The van der Waals surface area contributed by atoms with Gasteiger partial charge in [0.1, 0.15) is 11.9 Å². The smallest absolute Gasteiger partial charge is 0.414 e. The molecule has 0 bridgehead atoms. The van der Waals surface area contributed by atoms with E-state index in [0.29, 0.717) is 34.7 Å². The lowest BCUT2D eigenvalue weighted by Crippen LogP contribution is -2.32. The zero-order valence-electron chi connectivity index (χ0n) is 17.2. The first-order valence-electron chi connectivity index (χ1n) is 10.0. The third-order valence-electron chi connectivity index (χ3n) is 4.79. The summed E-state index contributed by atoms with van der Waals surface area (Å²) in [6, 6.07) is 18.7. The fraction of sp³-hybridized carbons (Fsp3) is 0.208. The molecular weight excluding hydrogens is 430 g/mol. The molecule has 8 heteroatoms. The maximum atomic E-state index is 12.5. The number of amides is 2. The maximum Gasteiger partial charge on any atom is 0.414 e. The number of hydrogen-bond acceptors (Lipinski definition) is 7. The van der Waals surface area contributed by atoms with Gasteiger partial charge in [0.05, 0.1) is 12.4 Å². The van der Waals surface area contributed by atoms with Gasteiger partial charge in [-0.25, -0.2) is 4.79 Å². The molecule has 166 valence electrons. The molecule has 0 spiro atoms. The molecule has 0 saturated heterocycles. The first-order chi connectivity index (χ1) is 15.5. The van der Waals surface area contributed by atoms with Crippen molar-refractivity contribution in [2.45, 2.75) is 18.9 Å². The number of fused-ring (bicyclic) bond motifs is 1. The summed E-state index contributed by atoms with van der Waals surface area (Å²) in [7, 11) is 0. The molecule has 0 radical (unpaired) electrons.